The lowest BCUT2D eigenvalue weighted by Crippen LogP contribution is -2.27. The molecule has 7 heteroatoms. The Morgan fingerprint density at radius 1 is 1.42 bits per heavy atom. The number of anilines is 1. The minimum atomic E-state index is 0.192. The van der Waals surface area contributed by atoms with Crippen molar-refractivity contribution in [3.8, 4) is 5.75 Å². The summed E-state index contributed by atoms with van der Waals surface area (Å²) in [5.41, 5.74) is 1.62. The van der Waals surface area contributed by atoms with Gasteiger partial charge in [-0.2, -0.15) is 0 Å². The molecule has 1 aromatic carbocycles. The molecule has 6 nitrogen and oxygen atoms in total. The summed E-state index contributed by atoms with van der Waals surface area (Å²) in [5, 5.41) is 4.05. The lowest BCUT2D eigenvalue weighted by atomic mass is 10.2. The van der Waals surface area contributed by atoms with E-state index in [-0.39, 0.29) is 6.10 Å². The highest BCUT2D eigenvalue weighted by Gasteiger charge is 2.30. The van der Waals surface area contributed by atoms with E-state index >= 15 is 0 Å². The van der Waals surface area contributed by atoms with E-state index in [1.807, 2.05) is 31.4 Å². The van der Waals surface area contributed by atoms with Crippen LogP contribution in [0.4, 0.5) is 5.13 Å². The molecule has 3 aromatic rings. The fourth-order valence-electron chi connectivity index (χ4n) is 3.15. The molecule has 24 heavy (non-hydrogen) atoms. The van der Waals surface area contributed by atoms with Crippen molar-refractivity contribution < 1.29 is 9.15 Å². The van der Waals surface area contributed by atoms with Gasteiger partial charge < -0.3 is 14.5 Å². The molecule has 126 valence electrons. The predicted octanol–water partition coefficient (Wildman–Crippen LogP) is 3.37. The smallest absolute Gasteiger partial charge is 0.182 e. The molecule has 1 aliphatic heterocycles. The molecule has 0 bridgehead atoms. The van der Waals surface area contributed by atoms with Crippen molar-refractivity contribution in [2.75, 3.05) is 18.9 Å². The molecule has 0 aliphatic carbocycles. The maximum atomic E-state index is 6.16. The van der Waals surface area contributed by atoms with Gasteiger partial charge in [0.2, 0.25) is 0 Å². The first kappa shape index (κ1) is 15.4. The van der Waals surface area contributed by atoms with E-state index in [4.69, 9.17) is 9.15 Å². The van der Waals surface area contributed by atoms with Gasteiger partial charge in [-0.05, 0) is 19.1 Å². The van der Waals surface area contributed by atoms with Gasteiger partial charge in [-0.15, -0.1) is 11.3 Å². The van der Waals surface area contributed by atoms with Gasteiger partial charge >= 0.3 is 0 Å². The molecule has 1 saturated heterocycles. The van der Waals surface area contributed by atoms with Crippen molar-refractivity contribution in [3.63, 3.8) is 0 Å². The average molecular weight is 344 g/mol. The number of aromatic nitrogens is 2. The number of nitrogens with zero attached hydrogens (tertiary/aromatic N) is 3. The Morgan fingerprint density at radius 2 is 2.33 bits per heavy atom. The van der Waals surface area contributed by atoms with Crippen LogP contribution >= 0.6 is 11.3 Å². The second-order valence-corrected chi connectivity index (χ2v) is 7.23. The number of likely N-dealkylation sites (tertiary alicyclic amines) is 1. The number of fused-ring (bicyclic) bond motifs is 1. The van der Waals surface area contributed by atoms with Crippen molar-refractivity contribution in [2.45, 2.75) is 32.0 Å². The van der Waals surface area contributed by atoms with Gasteiger partial charge in [-0.25, -0.2) is 9.97 Å². The fourth-order valence-corrected chi connectivity index (χ4v) is 3.94. The summed E-state index contributed by atoms with van der Waals surface area (Å²) in [6.07, 6.45) is 4.63. The summed E-state index contributed by atoms with van der Waals surface area (Å²) < 4.78 is 11.5. The number of hydrogen-bond acceptors (Lipinski definition) is 7. The van der Waals surface area contributed by atoms with Crippen molar-refractivity contribution in [2.24, 2.45) is 0 Å². The first-order valence-corrected chi connectivity index (χ1v) is 8.89. The van der Waals surface area contributed by atoms with Crippen LogP contribution in [0.3, 0.4) is 0 Å². The van der Waals surface area contributed by atoms with Crippen LogP contribution in [-0.4, -0.2) is 40.6 Å². The zero-order valence-electron chi connectivity index (χ0n) is 13.7. The molecule has 2 aromatic heterocycles. The van der Waals surface area contributed by atoms with E-state index in [0.29, 0.717) is 6.04 Å². The molecule has 4 rings (SSSR count). The van der Waals surface area contributed by atoms with Crippen LogP contribution in [0.25, 0.3) is 11.1 Å². The first-order chi connectivity index (χ1) is 11.7. The van der Waals surface area contributed by atoms with Crippen LogP contribution < -0.4 is 10.1 Å². The number of hydrogen-bond donors (Lipinski definition) is 1. The normalized spacial score (nSPS) is 21.4. The topological polar surface area (TPSA) is 63.4 Å². The van der Waals surface area contributed by atoms with Gasteiger partial charge in [0.1, 0.15) is 17.4 Å². The number of ether oxygens (including phenoxy) is 1. The second-order valence-electron chi connectivity index (χ2n) is 6.12. The molecule has 0 saturated carbocycles. The molecule has 0 amide bonds. The van der Waals surface area contributed by atoms with E-state index in [9.17, 15) is 0 Å². The summed E-state index contributed by atoms with van der Waals surface area (Å²) in [6.45, 7) is 4.09. The number of oxazole rings is 1. The third-order valence-electron chi connectivity index (χ3n) is 4.40. The van der Waals surface area contributed by atoms with Crippen molar-refractivity contribution >= 4 is 27.6 Å². The Hall–Kier alpha value is -2.12. The molecule has 0 radical (unpaired) electrons. The zero-order chi connectivity index (χ0) is 16.5. The van der Waals surface area contributed by atoms with Crippen LogP contribution in [0.15, 0.2) is 35.2 Å². The standard InChI is InChI=1S/C17H20N4O2S/c1-11-5-13(8-21(11)9-14-7-19-17(18-2)24-14)23-12-3-4-15-16(6-12)22-10-20-15/h3-4,6-7,10-11,13H,5,8-9H2,1-2H3,(H,18,19). The van der Waals surface area contributed by atoms with Gasteiger partial charge in [-0.1, -0.05) is 0 Å². The predicted molar refractivity (Wildman–Crippen MR) is 94.6 cm³/mol. The lowest BCUT2D eigenvalue weighted by molar-refractivity contribution is 0.195. The van der Waals surface area contributed by atoms with Crippen molar-refractivity contribution in [1.82, 2.24) is 14.9 Å². The minimum absolute atomic E-state index is 0.192. The first-order valence-electron chi connectivity index (χ1n) is 8.07. The van der Waals surface area contributed by atoms with Gasteiger partial charge in [0.25, 0.3) is 0 Å². The fraction of sp³-hybridized carbons (Fsp3) is 0.412. The highest BCUT2D eigenvalue weighted by Crippen LogP contribution is 2.28. The summed E-state index contributed by atoms with van der Waals surface area (Å²) in [5.74, 6) is 0.841. The zero-order valence-corrected chi connectivity index (χ0v) is 14.5. The van der Waals surface area contributed by atoms with E-state index in [2.05, 4.69) is 27.1 Å². The molecule has 1 aliphatic rings. The molecule has 1 N–H and O–H groups in total. The number of nitrogens with one attached hydrogen (secondary N) is 1. The van der Waals surface area contributed by atoms with Gasteiger partial charge in [-0.3, -0.25) is 4.90 Å². The summed E-state index contributed by atoms with van der Waals surface area (Å²) in [4.78, 5) is 12.2. The highest BCUT2D eigenvalue weighted by atomic mass is 32.1. The quantitative estimate of drug-likeness (QED) is 0.766. The molecule has 2 atom stereocenters. The summed E-state index contributed by atoms with van der Waals surface area (Å²) >= 11 is 1.71. The molecule has 0 spiro atoms. The number of thiazole rings is 1. The minimum Gasteiger partial charge on any atom is -0.489 e. The van der Waals surface area contributed by atoms with Crippen LogP contribution in [0.1, 0.15) is 18.2 Å². The van der Waals surface area contributed by atoms with Crippen LogP contribution in [0.2, 0.25) is 0 Å². The Kier molecular flexibility index (Phi) is 4.12. The Balaban J connectivity index is 1.40. The van der Waals surface area contributed by atoms with Crippen LogP contribution in [-0.2, 0) is 6.54 Å². The number of rotatable bonds is 5. The largest absolute Gasteiger partial charge is 0.489 e. The van der Waals surface area contributed by atoms with E-state index in [0.717, 1.165) is 41.5 Å². The third-order valence-corrected chi connectivity index (χ3v) is 5.40. The average Bonchev–Trinajstić information content (AvgIpc) is 3.28. The van der Waals surface area contributed by atoms with Gasteiger partial charge in [0, 0.05) is 49.7 Å². The molecule has 3 heterocycles. The Morgan fingerprint density at radius 3 is 3.17 bits per heavy atom. The summed E-state index contributed by atoms with van der Waals surface area (Å²) in [6, 6.07) is 6.30. The molecular formula is C17H20N4O2S. The van der Waals surface area contributed by atoms with Crippen LogP contribution in [0, 0.1) is 0 Å². The summed E-state index contributed by atoms with van der Waals surface area (Å²) in [7, 11) is 1.90. The van der Waals surface area contributed by atoms with E-state index in [1.54, 1.807) is 11.3 Å². The molecule has 1 fully saturated rings. The van der Waals surface area contributed by atoms with E-state index in [1.165, 1.54) is 11.3 Å². The maximum absolute atomic E-state index is 6.16. The highest BCUT2D eigenvalue weighted by molar-refractivity contribution is 7.15. The molecule has 2 unspecified atom stereocenters. The van der Waals surface area contributed by atoms with Gasteiger partial charge in [0.15, 0.2) is 17.1 Å². The van der Waals surface area contributed by atoms with Crippen molar-refractivity contribution in [1.29, 1.82) is 0 Å². The van der Waals surface area contributed by atoms with E-state index < -0.39 is 0 Å². The van der Waals surface area contributed by atoms with Crippen LogP contribution in [0.5, 0.6) is 5.75 Å². The Bertz CT molecular complexity index is 831. The third kappa shape index (κ3) is 3.09. The lowest BCUT2D eigenvalue weighted by Gasteiger charge is -2.19. The molecular weight excluding hydrogens is 324 g/mol. The SMILES string of the molecule is CNc1ncc(CN2CC(Oc3ccc4ncoc4c3)CC2C)s1. The Labute approximate surface area is 144 Å². The second kappa shape index (κ2) is 6.41. The maximum Gasteiger partial charge on any atom is 0.182 e. The van der Waals surface area contributed by atoms with Crippen molar-refractivity contribution in [3.05, 3.63) is 35.7 Å². The number of benzene rings is 1. The van der Waals surface area contributed by atoms with Gasteiger partial charge in [0.05, 0.1) is 0 Å². The monoisotopic (exact) mass is 344 g/mol.